The number of furan rings is 1. The Morgan fingerprint density at radius 3 is 2.45 bits per heavy atom. The van der Waals surface area contributed by atoms with Crippen molar-refractivity contribution in [1.82, 2.24) is 4.72 Å². The minimum absolute atomic E-state index is 0.128. The van der Waals surface area contributed by atoms with E-state index in [1.54, 1.807) is 24.3 Å². The van der Waals surface area contributed by atoms with Gasteiger partial charge in [0, 0.05) is 0 Å². The molecule has 1 aromatic carbocycles. The third-order valence-corrected chi connectivity index (χ3v) is 4.48. The van der Waals surface area contributed by atoms with Crippen LogP contribution in [0.5, 0.6) is 0 Å². The maximum absolute atomic E-state index is 12.0. The van der Waals surface area contributed by atoms with E-state index >= 15 is 0 Å². The van der Waals surface area contributed by atoms with Crippen molar-refractivity contribution < 1.29 is 12.8 Å². The first-order chi connectivity index (χ1) is 9.44. The summed E-state index contributed by atoms with van der Waals surface area (Å²) >= 11 is 0. The Kier molecular flexibility index (Phi) is 4.15. The molecule has 1 heterocycles. The van der Waals surface area contributed by atoms with E-state index in [-0.39, 0.29) is 10.9 Å². The summed E-state index contributed by atoms with van der Waals surface area (Å²) in [6.07, 6.45) is 0. The molecule has 0 aliphatic carbocycles. The lowest BCUT2D eigenvalue weighted by atomic mass is 10.2. The van der Waals surface area contributed by atoms with E-state index < -0.39 is 10.0 Å². The highest BCUT2D eigenvalue weighted by Crippen LogP contribution is 2.26. The van der Waals surface area contributed by atoms with Crippen LogP contribution in [0.3, 0.4) is 0 Å². The number of aryl methyl sites for hydroxylation is 1. The molecule has 0 aliphatic rings. The molecule has 0 bridgehead atoms. The van der Waals surface area contributed by atoms with Gasteiger partial charge in [0.1, 0.15) is 16.4 Å². The molecule has 20 heavy (non-hydrogen) atoms. The van der Waals surface area contributed by atoms with E-state index in [2.05, 4.69) is 10.0 Å². The molecule has 0 spiro atoms. The molecule has 108 valence electrons. The van der Waals surface area contributed by atoms with Crippen LogP contribution in [0.25, 0.3) is 0 Å². The molecule has 5 nitrogen and oxygen atoms in total. The van der Waals surface area contributed by atoms with Gasteiger partial charge in [-0.3, -0.25) is 0 Å². The molecule has 0 saturated heterocycles. The van der Waals surface area contributed by atoms with E-state index in [9.17, 15) is 8.42 Å². The molecule has 0 fully saturated rings. The number of nitrogens with one attached hydrogen (secondary N) is 2. The highest BCUT2D eigenvalue weighted by Gasteiger charge is 2.18. The van der Waals surface area contributed by atoms with Crippen molar-refractivity contribution in [3.05, 3.63) is 47.9 Å². The molecule has 1 atom stereocenters. The second-order valence-corrected chi connectivity index (χ2v) is 6.37. The lowest BCUT2D eigenvalue weighted by Gasteiger charge is -2.16. The number of benzene rings is 1. The number of rotatable bonds is 5. The average molecular weight is 294 g/mol. The van der Waals surface area contributed by atoms with Crippen molar-refractivity contribution in [2.45, 2.75) is 24.8 Å². The van der Waals surface area contributed by atoms with Gasteiger partial charge in [0.05, 0.1) is 11.7 Å². The fraction of sp³-hybridized carbons (Fsp3) is 0.286. The van der Waals surface area contributed by atoms with E-state index in [1.165, 1.54) is 7.05 Å². The van der Waals surface area contributed by atoms with E-state index in [0.717, 1.165) is 11.5 Å². The normalized spacial score (nSPS) is 13.2. The van der Waals surface area contributed by atoms with Crippen LogP contribution in [0, 0.1) is 6.92 Å². The van der Waals surface area contributed by atoms with E-state index in [0.29, 0.717) is 5.69 Å². The van der Waals surface area contributed by atoms with Gasteiger partial charge in [-0.05, 0) is 45.2 Å². The Labute approximate surface area is 119 Å². The SMILES string of the molecule is CNS(=O)(=O)c1ccccc1NC(C)c1ccc(C)o1. The fourth-order valence-electron chi connectivity index (χ4n) is 1.92. The van der Waals surface area contributed by atoms with Gasteiger partial charge in [0.25, 0.3) is 0 Å². The van der Waals surface area contributed by atoms with Crippen LogP contribution in [-0.2, 0) is 10.0 Å². The van der Waals surface area contributed by atoms with Crippen LogP contribution in [0.1, 0.15) is 24.5 Å². The highest BCUT2D eigenvalue weighted by molar-refractivity contribution is 7.89. The van der Waals surface area contributed by atoms with Gasteiger partial charge in [-0.25, -0.2) is 13.1 Å². The van der Waals surface area contributed by atoms with Crippen LogP contribution >= 0.6 is 0 Å². The monoisotopic (exact) mass is 294 g/mol. The predicted molar refractivity (Wildman–Crippen MR) is 78.2 cm³/mol. The Morgan fingerprint density at radius 2 is 1.85 bits per heavy atom. The van der Waals surface area contributed by atoms with Gasteiger partial charge < -0.3 is 9.73 Å². The number of para-hydroxylation sites is 1. The second-order valence-electron chi connectivity index (χ2n) is 4.52. The number of anilines is 1. The smallest absolute Gasteiger partial charge is 0.242 e. The quantitative estimate of drug-likeness (QED) is 0.889. The maximum atomic E-state index is 12.0. The summed E-state index contributed by atoms with van der Waals surface area (Å²) in [5.41, 5.74) is 0.545. The van der Waals surface area contributed by atoms with Crippen molar-refractivity contribution in [1.29, 1.82) is 0 Å². The molecule has 6 heteroatoms. The molecular formula is C14H18N2O3S. The van der Waals surface area contributed by atoms with Gasteiger partial charge in [-0.1, -0.05) is 12.1 Å². The third-order valence-electron chi connectivity index (χ3n) is 3.01. The maximum Gasteiger partial charge on any atom is 0.242 e. The first kappa shape index (κ1) is 14.6. The zero-order chi connectivity index (χ0) is 14.8. The van der Waals surface area contributed by atoms with Gasteiger partial charge in [-0.2, -0.15) is 0 Å². The van der Waals surface area contributed by atoms with Crippen molar-refractivity contribution in [2.75, 3.05) is 12.4 Å². The lowest BCUT2D eigenvalue weighted by Crippen LogP contribution is -2.20. The number of hydrogen-bond acceptors (Lipinski definition) is 4. The van der Waals surface area contributed by atoms with Crippen molar-refractivity contribution in [3.63, 3.8) is 0 Å². The molecule has 1 unspecified atom stereocenters. The Morgan fingerprint density at radius 1 is 1.15 bits per heavy atom. The highest BCUT2D eigenvalue weighted by atomic mass is 32.2. The number of sulfonamides is 1. The standard InChI is InChI=1S/C14H18N2O3S/c1-10-8-9-13(19-10)11(2)16-12-6-4-5-7-14(12)20(17,18)15-3/h4-9,11,15-16H,1-3H3. The van der Waals surface area contributed by atoms with Crippen LogP contribution in [0.15, 0.2) is 45.7 Å². The van der Waals surface area contributed by atoms with Gasteiger partial charge in [0.2, 0.25) is 10.0 Å². The summed E-state index contributed by atoms with van der Waals surface area (Å²) < 4.78 is 31.8. The van der Waals surface area contributed by atoms with Crippen molar-refractivity contribution >= 4 is 15.7 Å². The second kappa shape index (κ2) is 5.68. The molecule has 0 amide bonds. The predicted octanol–water partition coefficient (Wildman–Crippen LogP) is 2.67. The zero-order valence-corrected chi connectivity index (χ0v) is 12.5. The van der Waals surface area contributed by atoms with Crippen LogP contribution in [0.2, 0.25) is 0 Å². The first-order valence-corrected chi connectivity index (χ1v) is 7.78. The summed E-state index contributed by atoms with van der Waals surface area (Å²) in [5, 5.41) is 3.17. The molecule has 2 rings (SSSR count). The molecule has 0 aliphatic heterocycles. The van der Waals surface area contributed by atoms with Gasteiger partial charge in [-0.15, -0.1) is 0 Å². The molecule has 1 aromatic heterocycles. The third kappa shape index (κ3) is 3.02. The summed E-state index contributed by atoms with van der Waals surface area (Å²) in [5.74, 6) is 1.59. The number of hydrogen-bond donors (Lipinski definition) is 2. The first-order valence-electron chi connectivity index (χ1n) is 6.29. The zero-order valence-electron chi connectivity index (χ0n) is 11.7. The van der Waals surface area contributed by atoms with Gasteiger partial charge in [0.15, 0.2) is 0 Å². The van der Waals surface area contributed by atoms with Crippen LogP contribution in [-0.4, -0.2) is 15.5 Å². The van der Waals surface area contributed by atoms with Crippen LogP contribution in [0.4, 0.5) is 5.69 Å². The molecule has 2 aromatic rings. The van der Waals surface area contributed by atoms with E-state index in [1.807, 2.05) is 26.0 Å². The summed E-state index contributed by atoms with van der Waals surface area (Å²) in [6, 6.07) is 10.4. The minimum atomic E-state index is -3.49. The fourth-order valence-corrected chi connectivity index (χ4v) is 2.81. The summed E-state index contributed by atoms with van der Waals surface area (Å²) in [6.45, 7) is 3.79. The Balaban J connectivity index is 2.30. The van der Waals surface area contributed by atoms with E-state index in [4.69, 9.17) is 4.42 Å². The van der Waals surface area contributed by atoms with Gasteiger partial charge >= 0.3 is 0 Å². The summed E-state index contributed by atoms with van der Waals surface area (Å²) in [4.78, 5) is 0.220. The minimum Gasteiger partial charge on any atom is -0.464 e. The molecule has 2 N–H and O–H groups in total. The average Bonchev–Trinajstić information content (AvgIpc) is 2.86. The Hall–Kier alpha value is -1.79. The Bertz CT molecular complexity index is 692. The molecular weight excluding hydrogens is 276 g/mol. The molecule has 0 saturated carbocycles. The van der Waals surface area contributed by atoms with Crippen molar-refractivity contribution in [2.24, 2.45) is 0 Å². The summed E-state index contributed by atoms with van der Waals surface area (Å²) in [7, 11) is -2.10. The lowest BCUT2D eigenvalue weighted by molar-refractivity contribution is 0.466. The van der Waals surface area contributed by atoms with Crippen LogP contribution < -0.4 is 10.0 Å². The van der Waals surface area contributed by atoms with Crippen molar-refractivity contribution in [3.8, 4) is 0 Å². The molecule has 0 radical (unpaired) electrons. The largest absolute Gasteiger partial charge is 0.464 e. The topological polar surface area (TPSA) is 71.3 Å².